The van der Waals surface area contributed by atoms with Crippen molar-refractivity contribution in [1.29, 1.82) is 0 Å². The lowest BCUT2D eigenvalue weighted by atomic mass is 10.1. The topological polar surface area (TPSA) is 101 Å². The molecule has 0 unspecified atom stereocenters. The summed E-state index contributed by atoms with van der Waals surface area (Å²) >= 11 is 5.32. The minimum absolute atomic E-state index is 0.0301. The quantitative estimate of drug-likeness (QED) is 0.566. The molecule has 0 amide bonds. The van der Waals surface area contributed by atoms with Crippen LogP contribution in [0.4, 0.5) is 0 Å². The maximum atomic E-state index is 12.6. The molecule has 156 valence electrons. The van der Waals surface area contributed by atoms with Crippen LogP contribution in [-0.2, 0) is 14.1 Å². The van der Waals surface area contributed by atoms with Crippen LogP contribution in [0.5, 0.6) is 5.88 Å². The van der Waals surface area contributed by atoms with E-state index >= 15 is 0 Å². The molecule has 2 heterocycles. The highest BCUT2D eigenvalue weighted by molar-refractivity contribution is 7.80. The van der Waals surface area contributed by atoms with Crippen molar-refractivity contribution in [2.45, 2.75) is 25.3 Å². The summed E-state index contributed by atoms with van der Waals surface area (Å²) in [4.78, 5) is 29.3. The number of benzene rings is 1. The van der Waals surface area contributed by atoms with E-state index in [2.05, 4.69) is 15.6 Å². The molecule has 1 aromatic carbocycles. The standard InChI is InChI=1S/C21H23N5O3S/c1-25-18(27)15(19(28)26(2)21(25)29)11-17-14(13-5-3-4-6-16(13)24-17)9-10-22-20(30)23-12-7-8-12/h3-6,11-12,27H,7-10H2,1-2H3,(H2,22,23,30)/b17-11-. The molecule has 30 heavy (non-hydrogen) atoms. The Morgan fingerprint density at radius 1 is 1.27 bits per heavy atom. The molecule has 0 radical (unpaired) electrons. The maximum absolute atomic E-state index is 12.6. The molecule has 2 aromatic rings. The van der Waals surface area contributed by atoms with Gasteiger partial charge in [-0.2, -0.15) is 0 Å². The van der Waals surface area contributed by atoms with E-state index in [1.807, 2.05) is 24.3 Å². The highest BCUT2D eigenvalue weighted by atomic mass is 32.1. The van der Waals surface area contributed by atoms with Gasteiger partial charge >= 0.3 is 5.69 Å². The van der Waals surface area contributed by atoms with Crippen LogP contribution in [0.1, 0.15) is 24.8 Å². The number of aromatic nitrogens is 2. The zero-order chi connectivity index (χ0) is 21.4. The lowest BCUT2D eigenvalue weighted by Gasteiger charge is -2.11. The van der Waals surface area contributed by atoms with Gasteiger partial charge in [-0.3, -0.25) is 13.9 Å². The Kier molecular flexibility index (Phi) is 5.29. The third-order valence-corrected chi connectivity index (χ3v) is 5.56. The predicted octanol–water partition coefficient (Wildman–Crippen LogP) is -0.369. The zero-order valence-corrected chi connectivity index (χ0v) is 17.6. The Balaban J connectivity index is 1.69. The second-order valence-electron chi connectivity index (χ2n) is 7.50. The number of rotatable bonds is 5. The Hall–Kier alpha value is -3.20. The van der Waals surface area contributed by atoms with Gasteiger partial charge in [0.2, 0.25) is 5.88 Å². The molecule has 0 atom stereocenters. The fourth-order valence-electron chi connectivity index (χ4n) is 3.43. The Bertz CT molecular complexity index is 1300. The third-order valence-electron chi connectivity index (χ3n) is 5.30. The summed E-state index contributed by atoms with van der Waals surface area (Å²) in [5.74, 6) is -0.381. The summed E-state index contributed by atoms with van der Waals surface area (Å²) in [6, 6.07) is 8.21. The number of hydrogen-bond donors (Lipinski definition) is 3. The number of para-hydroxylation sites is 1. The van der Waals surface area contributed by atoms with Gasteiger partial charge in [-0.1, -0.05) is 18.2 Å². The van der Waals surface area contributed by atoms with E-state index in [0.717, 1.165) is 38.1 Å². The minimum atomic E-state index is -0.587. The highest BCUT2D eigenvalue weighted by Crippen LogP contribution is 2.23. The second kappa shape index (κ2) is 7.91. The van der Waals surface area contributed by atoms with Gasteiger partial charge in [-0.15, -0.1) is 0 Å². The first-order valence-electron chi connectivity index (χ1n) is 9.79. The van der Waals surface area contributed by atoms with Gasteiger partial charge in [0, 0.05) is 31.9 Å². The molecule has 1 aliphatic carbocycles. The van der Waals surface area contributed by atoms with Crippen molar-refractivity contribution in [3.05, 3.63) is 66.9 Å². The lowest BCUT2D eigenvalue weighted by Crippen LogP contribution is -2.38. The summed E-state index contributed by atoms with van der Waals surface area (Å²) in [6.07, 6.45) is 4.48. The largest absolute Gasteiger partial charge is 0.494 e. The van der Waals surface area contributed by atoms with Crippen LogP contribution in [-0.4, -0.2) is 31.9 Å². The smallest absolute Gasteiger partial charge is 0.333 e. The molecule has 1 aliphatic heterocycles. The average Bonchev–Trinajstić information content (AvgIpc) is 3.48. The normalized spacial score (nSPS) is 16.3. The zero-order valence-electron chi connectivity index (χ0n) is 16.8. The van der Waals surface area contributed by atoms with E-state index in [4.69, 9.17) is 12.2 Å². The van der Waals surface area contributed by atoms with E-state index in [0.29, 0.717) is 29.8 Å². The summed E-state index contributed by atoms with van der Waals surface area (Å²) in [7, 11) is 2.80. The van der Waals surface area contributed by atoms with Crippen LogP contribution in [0.3, 0.4) is 0 Å². The molecule has 0 bridgehead atoms. The molecule has 8 nitrogen and oxygen atoms in total. The van der Waals surface area contributed by atoms with E-state index in [1.165, 1.54) is 14.1 Å². The van der Waals surface area contributed by atoms with E-state index < -0.39 is 11.2 Å². The third kappa shape index (κ3) is 3.80. The van der Waals surface area contributed by atoms with Crippen molar-refractivity contribution in [3.8, 4) is 5.88 Å². The minimum Gasteiger partial charge on any atom is -0.494 e. The molecule has 9 heteroatoms. The van der Waals surface area contributed by atoms with Gasteiger partial charge < -0.3 is 15.7 Å². The van der Waals surface area contributed by atoms with Crippen LogP contribution >= 0.6 is 12.2 Å². The fourth-order valence-corrected chi connectivity index (χ4v) is 3.70. The van der Waals surface area contributed by atoms with Crippen molar-refractivity contribution < 1.29 is 5.11 Å². The molecule has 2 aliphatic rings. The molecular weight excluding hydrogens is 402 g/mol. The molecule has 4 rings (SSSR count). The van der Waals surface area contributed by atoms with E-state index in [9.17, 15) is 14.7 Å². The van der Waals surface area contributed by atoms with Gasteiger partial charge in [0.15, 0.2) is 5.11 Å². The number of aromatic hydroxyl groups is 1. The summed E-state index contributed by atoms with van der Waals surface area (Å²) in [5, 5.41) is 19.3. The van der Waals surface area contributed by atoms with E-state index in [-0.39, 0.29) is 11.4 Å². The first-order valence-corrected chi connectivity index (χ1v) is 10.2. The molecular formula is C21H23N5O3S. The van der Waals surface area contributed by atoms with Crippen LogP contribution in [0, 0.1) is 0 Å². The van der Waals surface area contributed by atoms with Gasteiger partial charge in [-0.05, 0) is 49.2 Å². The molecule has 1 saturated carbocycles. The first kappa shape index (κ1) is 20.1. The van der Waals surface area contributed by atoms with Gasteiger partial charge in [-0.25, -0.2) is 9.79 Å². The average molecular weight is 426 g/mol. The summed E-state index contributed by atoms with van der Waals surface area (Å²) in [6.45, 7) is 0.604. The van der Waals surface area contributed by atoms with Gasteiger partial charge in [0.05, 0.1) is 11.1 Å². The number of nitrogens with one attached hydrogen (secondary N) is 2. The Morgan fingerprint density at radius 2 is 2.00 bits per heavy atom. The number of hydrogen-bond acceptors (Lipinski definition) is 5. The predicted molar refractivity (Wildman–Crippen MR) is 119 cm³/mol. The number of thiocarbonyl (C=S) groups is 1. The number of fused-ring (bicyclic) bond motifs is 1. The molecule has 0 spiro atoms. The molecule has 1 fully saturated rings. The first-order chi connectivity index (χ1) is 14.4. The van der Waals surface area contributed by atoms with Crippen LogP contribution in [0.2, 0.25) is 0 Å². The van der Waals surface area contributed by atoms with Crippen molar-refractivity contribution in [1.82, 2.24) is 19.8 Å². The SMILES string of the molecule is Cn1c(O)c(/C=C2\N=c3ccccc3=C2CCNC(=S)NC2CC2)c(=O)n(C)c1=O. The van der Waals surface area contributed by atoms with Crippen LogP contribution in [0.25, 0.3) is 11.6 Å². The maximum Gasteiger partial charge on any atom is 0.333 e. The summed E-state index contributed by atoms with van der Waals surface area (Å²) < 4.78 is 2.01. The highest BCUT2D eigenvalue weighted by Gasteiger charge is 2.22. The molecule has 3 N–H and O–H groups in total. The van der Waals surface area contributed by atoms with Crippen LogP contribution in [0.15, 0.2) is 44.5 Å². The van der Waals surface area contributed by atoms with Gasteiger partial charge in [0.1, 0.15) is 5.56 Å². The monoisotopic (exact) mass is 425 g/mol. The lowest BCUT2D eigenvalue weighted by molar-refractivity contribution is 0.410. The van der Waals surface area contributed by atoms with Crippen molar-refractivity contribution in [3.63, 3.8) is 0 Å². The Labute approximate surface area is 177 Å². The van der Waals surface area contributed by atoms with Crippen molar-refractivity contribution in [2.24, 2.45) is 19.1 Å². The molecule has 0 saturated heterocycles. The fraction of sp³-hybridized carbons (Fsp3) is 0.333. The number of allylic oxidation sites excluding steroid dienone is 1. The molecule has 1 aromatic heterocycles. The number of nitrogens with zero attached hydrogens (tertiary/aromatic N) is 3. The van der Waals surface area contributed by atoms with Crippen molar-refractivity contribution in [2.75, 3.05) is 6.54 Å². The van der Waals surface area contributed by atoms with E-state index in [1.54, 1.807) is 6.08 Å². The van der Waals surface area contributed by atoms with Gasteiger partial charge in [0.25, 0.3) is 5.56 Å². The second-order valence-corrected chi connectivity index (χ2v) is 7.91. The van der Waals surface area contributed by atoms with Crippen molar-refractivity contribution >= 4 is 29.0 Å². The van der Waals surface area contributed by atoms with Crippen LogP contribution < -0.4 is 32.5 Å². The Morgan fingerprint density at radius 3 is 2.73 bits per heavy atom. The summed E-state index contributed by atoms with van der Waals surface area (Å²) in [5.41, 5.74) is 0.410.